The van der Waals surface area contributed by atoms with Crippen LogP contribution >= 0.6 is 0 Å². The van der Waals surface area contributed by atoms with Crippen LogP contribution in [0.4, 0.5) is 11.4 Å². The second-order valence-corrected chi connectivity index (χ2v) is 5.00. The summed E-state index contributed by atoms with van der Waals surface area (Å²) in [6.45, 7) is 0.870. The lowest BCUT2D eigenvalue weighted by atomic mass is 10.3. The smallest absolute Gasteiger partial charge is 0.344 e. The lowest BCUT2D eigenvalue weighted by molar-refractivity contribution is -0.385. The van der Waals surface area contributed by atoms with Gasteiger partial charge in [-0.2, -0.15) is 0 Å². The Morgan fingerprint density at radius 3 is 2.44 bits per heavy atom. The van der Waals surface area contributed by atoms with Gasteiger partial charge in [-0.3, -0.25) is 14.9 Å². The van der Waals surface area contributed by atoms with Gasteiger partial charge in [0.2, 0.25) is 0 Å². The molecule has 25 heavy (non-hydrogen) atoms. The Hall–Kier alpha value is -3.42. The largest absolute Gasteiger partial charge is 0.475 e. The fourth-order valence-electron chi connectivity index (χ4n) is 1.92. The molecule has 0 fully saturated rings. The highest BCUT2D eigenvalue weighted by molar-refractivity contribution is 5.95. The monoisotopic (exact) mass is 344 g/mol. The Morgan fingerprint density at radius 1 is 1.12 bits per heavy atom. The van der Waals surface area contributed by atoms with Crippen LogP contribution < -0.4 is 10.1 Å². The van der Waals surface area contributed by atoms with Gasteiger partial charge in [0.1, 0.15) is 0 Å². The highest BCUT2D eigenvalue weighted by Gasteiger charge is 2.20. The first-order chi connectivity index (χ1) is 12.0. The number of carbonyl (C=O) groups is 2. The molecule has 0 aliphatic heterocycles. The summed E-state index contributed by atoms with van der Waals surface area (Å²) in [5.41, 5.74) is 0.316. The lowest BCUT2D eigenvalue weighted by Crippen LogP contribution is -2.31. The van der Waals surface area contributed by atoms with Gasteiger partial charge >= 0.3 is 11.7 Å². The van der Waals surface area contributed by atoms with Crippen LogP contribution in [0, 0.1) is 10.1 Å². The van der Waals surface area contributed by atoms with Gasteiger partial charge < -0.3 is 14.8 Å². The average Bonchev–Trinajstić information content (AvgIpc) is 2.61. The third kappa shape index (κ3) is 5.31. The minimum atomic E-state index is -1.04. The van der Waals surface area contributed by atoms with E-state index in [1.807, 2.05) is 0 Å². The zero-order valence-electron chi connectivity index (χ0n) is 13.4. The van der Waals surface area contributed by atoms with Gasteiger partial charge in [0.05, 0.1) is 4.92 Å². The Kier molecular flexibility index (Phi) is 6.05. The Bertz CT molecular complexity index is 763. The molecule has 1 N–H and O–H groups in total. The topological polar surface area (TPSA) is 108 Å². The summed E-state index contributed by atoms with van der Waals surface area (Å²) in [6.07, 6.45) is -1.04. The van der Waals surface area contributed by atoms with Crippen LogP contribution in [0.5, 0.6) is 5.75 Å². The van der Waals surface area contributed by atoms with E-state index in [4.69, 9.17) is 9.47 Å². The summed E-state index contributed by atoms with van der Waals surface area (Å²) in [5.74, 6) is -1.36. The van der Waals surface area contributed by atoms with E-state index in [9.17, 15) is 19.7 Å². The maximum atomic E-state index is 11.9. The number of rotatable bonds is 7. The van der Waals surface area contributed by atoms with E-state index in [1.54, 1.807) is 36.4 Å². The first-order valence-corrected chi connectivity index (χ1v) is 7.39. The predicted molar refractivity (Wildman–Crippen MR) is 89.2 cm³/mol. The van der Waals surface area contributed by atoms with Crippen molar-refractivity contribution >= 4 is 23.3 Å². The molecule has 2 aromatic carbocycles. The first-order valence-electron chi connectivity index (χ1n) is 7.39. The number of amides is 1. The highest BCUT2D eigenvalue weighted by Crippen LogP contribution is 2.25. The Balaban J connectivity index is 1.85. The van der Waals surface area contributed by atoms with E-state index < -0.39 is 29.5 Å². The lowest BCUT2D eigenvalue weighted by Gasteiger charge is -2.14. The van der Waals surface area contributed by atoms with Crippen LogP contribution in [-0.4, -0.2) is 29.5 Å². The predicted octanol–water partition coefficient (Wildman–Crippen LogP) is 2.54. The van der Waals surface area contributed by atoms with Crippen LogP contribution in [0.3, 0.4) is 0 Å². The summed E-state index contributed by atoms with van der Waals surface area (Å²) < 4.78 is 10.1. The highest BCUT2D eigenvalue weighted by atomic mass is 16.6. The maximum Gasteiger partial charge on any atom is 0.344 e. The number of hydrogen-bond acceptors (Lipinski definition) is 6. The SMILES string of the molecule is C[C@@H](OC(=O)COc1ccccc1[N+](=O)[O-])C(=O)Nc1ccccc1. The second kappa shape index (κ2) is 8.44. The third-order valence-electron chi connectivity index (χ3n) is 3.13. The van der Waals surface area contributed by atoms with Crippen molar-refractivity contribution in [2.24, 2.45) is 0 Å². The van der Waals surface area contributed by atoms with Gasteiger partial charge in [-0.1, -0.05) is 30.3 Å². The maximum absolute atomic E-state index is 11.9. The molecule has 0 saturated heterocycles. The minimum absolute atomic E-state index is 0.0501. The molecule has 0 bridgehead atoms. The number of anilines is 1. The molecule has 0 saturated carbocycles. The molecule has 0 aromatic heterocycles. The zero-order chi connectivity index (χ0) is 18.2. The van der Waals surface area contributed by atoms with Crippen molar-refractivity contribution in [2.45, 2.75) is 13.0 Å². The molecule has 8 nitrogen and oxygen atoms in total. The number of nitro benzene ring substituents is 1. The molecular formula is C17H16N2O6. The van der Waals surface area contributed by atoms with E-state index in [0.717, 1.165) is 0 Å². The van der Waals surface area contributed by atoms with Gasteiger partial charge in [-0.25, -0.2) is 4.79 Å². The van der Waals surface area contributed by atoms with Crippen LogP contribution in [-0.2, 0) is 14.3 Å². The molecule has 0 aliphatic carbocycles. The number of benzene rings is 2. The standard InChI is InChI=1S/C17H16N2O6/c1-12(17(21)18-13-7-3-2-4-8-13)25-16(20)11-24-15-10-6-5-9-14(15)19(22)23/h2-10,12H,11H2,1H3,(H,18,21)/t12-/m1/s1. The molecule has 0 unspecified atom stereocenters. The van der Waals surface area contributed by atoms with Crippen molar-refractivity contribution < 1.29 is 24.0 Å². The number of ether oxygens (including phenoxy) is 2. The van der Waals surface area contributed by atoms with E-state index in [0.29, 0.717) is 5.69 Å². The van der Waals surface area contributed by atoms with Gasteiger partial charge in [-0.15, -0.1) is 0 Å². The summed E-state index contributed by atoms with van der Waals surface area (Å²) >= 11 is 0. The van der Waals surface area contributed by atoms with Gasteiger partial charge in [0, 0.05) is 11.8 Å². The van der Waals surface area contributed by atoms with Crippen molar-refractivity contribution in [1.82, 2.24) is 0 Å². The molecule has 1 amide bonds. The first kappa shape index (κ1) is 17.9. The number of nitro groups is 1. The number of para-hydroxylation sites is 3. The minimum Gasteiger partial charge on any atom is -0.475 e. The van der Waals surface area contributed by atoms with E-state index in [1.165, 1.54) is 25.1 Å². The number of esters is 1. The van der Waals surface area contributed by atoms with Crippen molar-refractivity contribution in [1.29, 1.82) is 0 Å². The summed E-state index contributed by atoms with van der Waals surface area (Å²) in [7, 11) is 0. The van der Waals surface area contributed by atoms with E-state index in [-0.39, 0.29) is 11.4 Å². The third-order valence-corrected chi connectivity index (χ3v) is 3.13. The summed E-state index contributed by atoms with van der Waals surface area (Å²) in [6, 6.07) is 14.4. The Morgan fingerprint density at radius 2 is 1.76 bits per heavy atom. The van der Waals surface area contributed by atoms with E-state index in [2.05, 4.69) is 5.32 Å². The Labute approximate surface area is 143 Å². The van der Waals surface area contributed by atoms with Crippen molar-refractivity contribution in [3.05, 3.63) is 64.7 Å². The van der Waals surface area contributed by atoms with Crippen molar-refractivity contribution in [2.75, 3.05) is 11.9 Å². The zero-order valence-corrected chi connectivity index (χ0v) is 13.4. The molecule has 2 aromatic rings. The molecule has 130 valence electrons. The molecule has 8 heteroatoms. The van der Waals surface area contributed by atoms with Crippen molar-refractivity contribution in [3.8, 4) is 5.75 Å². The van der Waals surface area contributed by atoms with Crippen molar-refractivity contribution in [3.63, 3.8) is 0 Å². The fraction of sp³-hybridized carbons (Fsp3) is 0.176. The van der Waals surface area contributed by atoms with Gasteiger partial charge in [0.25, 0.3) is 5.91 Å². The molecular weight excluding hydrogens is 328 g/mol. The fourth-order valence-corrected chi connectivity index (χ4v) is 1.92. The van der Waals surface area contributed by atoms with Gasteiger partial charge in [0.15, 0.2) is 18.5 Å². The normalized spacial score (nSPS) is 11.2. The number of carbonyl (C=O) groups excluding carboxylic acids is 2. The number of hydrogen-bond donors (Lipinski definition) is 1. The van der Waals surface area contributed by atoms with Crippen LogP contribution in [0.2, 0.25) is 0 Å². The van der Waals surface area contributed by atoms with Crippen LogP contribution in [0.1, 0.15) is 6.92 Å². The van der Waals surface area contributed by atoms with Crippen LogP contribution in [0.25, 0.3) is 0 Å². The second-order valence-electron chi connectivity index (χ2n) is 5.00. The summed E-state index contributed by atoms with van der Waals surface area (Å²) in [5, 5.41) is 13.5. The van der Waals surface area contributed by atoms with E-state index >= 15 is 0 Å². The quantitative estimate of drug-likeness (QED) is 0.470. The average molecular weight is 344 g/mol. The molecule has 0 heterocycles. The number of nitrogens with zero attached hydrogens (tertiary/aromatic N) is 1. The van der Waals surface area contributed by atoms with Gasteiger partial charge in [-0.05, 0) is 25.1 Å². The molecule has 1 atom stereocenters. The number of nitrogens with one attached hydrogen (secondary N) is 1. The molecule has 0 aliphatic rings. The van der Waals surface area contributed by atoms with Crippen LogP contribution in [0.15, 0.2) is 54.6 Å². The molecule has 0 radical (unpaired) electrons. The molecule has 2 rings (SSSR count). The summed E-state index contributed by atoms with van der Waals surface area (Å²) in [4.78, 5) is 34.0. The molecule has 0 spiro atoms.